The molecule has 0 aliphatic carbocycles. The number of para-hydroxylation sites is 1. The summed E-state index contributed by atoms with van der Waals surface area (Å²) in [6.45, 7) is 3.74. The lowest BCUT2D eigenvalue weighted by atomic mass is 9.93. The maximum absolute atomic E-state index is 12.0. The van der Waals surface area contributed by atoms with Crippen LogP contribution in [0, 0.1) is 5.92 Å². The van der Waals surface area contributed by atoms with E-state index in [4.69, 9.17) is 9.72 Å². The molecule has 120 valence electrons. The Morgan fingerprint density at radius 3 is 3.13 bits per heavy atom. The second kappa shape index (κ2) is 6.26. The number of rotatable bonds is 2. The Kier molecular flexibility index (Phi) is 3.97. The number of nitrogens with one attached hydrogen (secondary N) is 1. The number of piperidine rings is 1. The summed E-state index contributed by atoms with van der Waals surface area (Å²) in [4.78, 5) is 19.1. The Bertz CT molecular complexity index is 718. The van der Waals surface area contributed by atoms with E-state index in [-0.39, 0.29) is 17.9 Å². The van der Waals surface area contributed by atoms with Gasteiger partial charge in [-0.25, -0.2) is 0 Å². The molecule has 0 unspecified atom stereocenters. The van der Waals surface area contributed by atoms with Crippen LogP contribution in [0.1, 0.15) is 12.1 Å². The predicted octanol–water partition coefficient (Wildman–Crippen LogP) is 1.57. The molecule has 0 bridgehead atoms. The van der Waals surface area contributed by atoms with Crippen LogP contribution >= 0.6 is 0 Å². The van der Waals surface area contributed by atoms with Crippen LogP contribution in [-0.2, 0) is 16.1 Å². The minimum atomic E-state index is -0.00156. The summed E-state index contributed by atoms with van der Waals surface area (Å²) in [6, 6.07) is 12.4. The highest BCUT2D eigenvalue weighted by Crippen LogP contribution is 2.23. The second-order valence-corrected chi connectivity index (χ2v) is 6.33. The predicted molar refractivity (Wildman–Crippen MR) is 87.9 cm³/mol. The van der Waals surface area contributed by atoms with Crippen molar-refractivity contribution in [2.24, 2.45) is 5.92 Å². The summed E-state index contributed by atoms with van der Waals surface area (Å²) < 4.78 is 5.87. The standard InChI is InChI=1S/C18H21N3O2/c22-18-15-7-9-21(12-17(15)23-10-8-19-18)11-14-6-5-13-3-1-2-4-16(13)20-14/h1-6,15,17H,7-12H2,(H,19,22)/t15-,17+/m0/s1. The topological polar surface area (TPSA) is 54.5 Å². The van der Waals surface area contributed by atoms with E-state index >= 15 is 0 Å². The average Bonchev–Trinajstić information content (AvgIpc) is 2.76. The van der Waals surface area contributed by atoms with Gasteiger partial charge in [0.25, 0.3) is 0 Å². The van der Waals surface area contributed by atoms with E-state index in [0.29, 0.717) is 13.2 Å². The summed E-state index contributed by atoms with van der Waals surface area (Å²) in [7, 11) is 0. The van der Waals surface area contributed by atoms with Gasteiger partial charge in [0, 0.05) is 25.0 Å². The number of ether oxygens (including phenoxy) is 1. The van der Waals surface area contributed by atoms with Gasteiger partial charge in [-0.05, 0) is 25.1 Å². The molecule has 23 heavy (non-hydrogen) atoms. The summed E-state index contributed by atoms with van der Waals surface area (Å²) in [6.07, 6.45) is 0.857. The lowest BCUT2D eigenvalue weighted by Crippen LogP contribution is -2.48. The van der Waals surface area contributed by atoms with Crippen molar-refractivity contribution in [3.8, 4) is 0 Å². The fraction of sp³-hybridized carbons (Fsp3) is 0.444. The third-order valence-electron chi connectivity index (χ3n) is 4.75. The minimum absolute atomic E-state index is 0.00156. The van der Waals surface area contributed by atoms with Gasteiger partial charge in [-0.1, -0.05) is 24.3 Å². The molecule has 1 amide bonds. The number of fused-ring (bicyclic) bond motifs is 2. The van der Waals surface area contributed by atoms with Crippen molar-refractivity contribution in [2.45, 2.75) is 19.1 Å². The first-order valence-corrected chi connectivity index (χ1v) is 8.26. The van der Waals surface area contributed by atoms with E-state index in [9.17, 15) is 4.79 Å². The molecule has 1 aromatic carbocycles. The van der Waals surface area contributed by atoms with Crippen molar-refractivity contribution < 1.29 is 9.53 Å². The molecule has 1 aromatic heterocycles. The van der Waals surface area contributed by atoms with E-state index in [0.717, 1.165) is 37.3 Å². The fourth-order valence-corrected chi connectivity index (χ4v) is 3.53. The molecule has 2 aliphatic heterocycles. The smallest absolute Gasteiger partial charge is 0.225 e. The molecule has 4 rings (SSSR count). The summed E-state index contributed by atoms with van der Waals surface area (Å²) in [5, 5.41) is 4.10. The molecule has 0 spiro atoms. The van der Waals surface area contributed by atoms with Crippen molar-refractivity contribution >= 4 is 16.8 Å². The lowest BCUT2D eigenvalue weighted by Gasteiger charge is -2.36. The van der Waals surface area contributed by atoms with E-state index in [1.807, 2.05) is 18.2 Å². The van der Waals surface area contributed by atoms with Crippen LogP contribution in [0.4, 0.5) is 0 Å². The van der Waals surface area contributed by atoms with Crippen LogP contribution in [0.5, 0.6) is 0 Å². The number of hydrogen-bond donors (Lipinski definition) is 1. The largest absolute Gasteiger partial charge is 0.374 e. The minimum Gasteiger partial charge on any atom is -0.374 e. The number of carbonyl (C=O) groups is 1. The van der Waals surface area contributed by atoms with Crippen LogP contribution in [0.2, 0.25) is 0 Å². The van der Waals surface area contributed by atoms with E-state index in [2.05, 4.69) is 28.4 Å². The number of pyridine rings is 1. The number of benzene rings is 1. The van der Waals surface area contributed by atoms with Gasteiger partial charge in [0.2, 0.25) is 5.91 Å². The molecule has 2 atom stereocenters. The highest BCUT2D eigenvalue weighted by atomic mass is 16.5. The molecule has 3 heterocycles. The Balaban J connectivity index is 1.47. The molecule has 2 fully saturated rings. The molecular weight excluding hydrogens is 290 g/mol. The van der Waals surface area contributed by atoms with Gasteiger partial charge in [0.15, 0.2) is 0 Å². The van der Waals surface area contributed by atoms with Gasteiger partial charge in [-0.15, -0.1) is 0 Å². The number of aromatic nitrogens is 1. The maximum Gasteiger partial charge on any atom is 0.225 e. The SMILES string of the molecule is O=C1NCCO[C@@H]2CN(Cc3ccc4ccccc4n3)CC[C@H]12. The number of likely N-dealkylation sites (tertiary alicyclic amines) is 1. The summed E-state index contributed by atoms with van der Waals surface area (Å²) in [5.74, 6) is 0.147. The van der Waals surface area contributed by atoms with Gasteiger partial charge < -0.3 is 10.1 Å². The highest BCUT2D eigenvalue weighted by molar-refractivity contribution is 5.79. The van der Waals surface area contributed by atoms with Gasteiger partial charge in [-0.3, -0.25) is 14.7 Å². The average molecular weight is 311 g/mol. The third-order valence-corrected chi connectivity index (χ3v) is 4.75. The first-order valence-electron chi connectivity index (χ1n) is 8.26. The van der Waals surface area contributed by atoms with Gasteiger partial charge in [0.05, 0.1) is 29.8 Å². The number of nitrogens with zero attached hydrogens (tertiary/aromatic N) is 2. The van der Waals surface area contributed by atoms with Gasteiger partial charge in [0.1, 0.15) is 0 Å². The Hall–Kier alpha value is -1.98. The number of amides is 1. The Labute approximate surface area is 135 Å². The van der Waals surface area contributed by atoms with Crippen molar-refractivity contribution in [1.82, 2.24) is 15.2 Å². The summed E-state index contributed by atoms with van der Waals surface area (Å²) >= 11 is 0. The molecular formula is C18H21N3O2. The third kappa shape index (κ3) is 3.07. The van der Waals surface area contributed by atoms with Gasteiger partial charge in [-0.2, -0.15) is 0 Å². The normalized spacial score (nSPS) is 25.7. The molecule has 1 N–H and O–H groups in total. The maximum atomic E-state index is 12.0. The number of carbonyl (C=O) groups excluding carboxylic acids is 1. The van der Waals surface area contributed by atoms with Crippen molar-refractivity contribution in [3.63, 3.8) is 0 Å². The van der Waals surface area contributed by atoms with Crippen molar-refractivity contribution in [2.75, 3.05) is 26.2 Å². The van der Waals surface area contributed by atoms with Crippen molar-refractivity contribution in [1.29, 1.82) is 0 Å². The fourth-order valence-electron chi connectivity index (χ4n) is 3.53. The summed E-state index contributed by atoms with van der Waals surface area (Å²) in [5.41, 5.74) is 2.10. The van der Waals surface area contributed by atoms with Gasteiger partial charge >= 0.3 is 0 Å². The Morgan fingerprint density at radius 1 is 1.26 bits per heavy atom. The van der Waals surface area contributed by atoms with Crippen LogP contribution in [-0.4, -0.2) is 48.1 Å². The van der Waals surface area contributed by atoms with Crippen molar-refractivity contribution in [3.05, 3.63) is 42.1 Å². The van der Waals surface area contributed by atoms with E-state index in [1.165, 1.54) is 5.39 Å². The highest BCUT2D eigenvalue weighted by Gasteiger charge is 2.36. The molecule has 5 heteroatoms. The van der Waals surface area contributed by atoms with Crippen LogP contribution in [0.25, 0.3) is 10.9 Å². The molecule has 2 saturated heterocycles. The monoisotopic (exact) mass is 311 g/mol. The lowest BCUT2D eigenvalue weighted by molar-refractivity contribution is -0.130. The van der Waals surface area contributed by atoms with E-state index < -0.39 is 0 Å². The van der Waals surface area contributed by atoms with Crippen LogP contribution in [0.15, 0.2) is 36.4 Å². The zero-order chi connectivity index (χ0) is 15.6. The first-order chi connectivity index (χ1) is 11.3. The number of hydrogen-bond acceptors (Lipinski definition) is 4. The second-order valence-electron chi connectivity index (χ2n) is 6.33. The molecule has 5 nitrogen and oxygen atoms in total. The van der Waals surface area contributed by atoms with E-state index in [1.54, 1.807) is 0 Å². The first kappa shape index (κ1) is 14.6. The zero-order valence-corrected chi connectivity index (χ0v) is 13.1. The molecule has 0 saturated carbocycles. The molecule has 2 aromatic rings. The molecule has 2 aliphatic rings. The quantitative estimate of drug-likeness (QED) is 0.915. The molecule has 0 radical (unpaired) electrons. The van der Waals surface area contributed by atoms with Crippen LogP contribution in [0.3, 0.4) is 0 Å². The van der Waals surface area contributed by atoms with Crippen LogP contribution < -0.4 is 5.32 Å². The zero-order valence-electron chi connectivity index (χ0n) is 13.1. The Morgan fingerprint density at radius 2 is 2.17 bits per heavy atom.